The third-order valence-corrected chi connectivity index (χ3v) is 5.12. The second-order valence-corrected chi connectivity index (χ2v) is 7.26. The summed E-state index contributed by atoms with van der Waals surface area (Å²) in [5, 5.41) is 20.7. The van der Waals surface area contributed by atoms with Crippen LogP contribution in [0.15, 0.2) is 42.5 Å². The fourth-order valence-electron chi connectivity index (χ4n) is 3.60. The lowest BCUT2D eigenvalue weighted by Crippen LogP contribution is -3.15. The smallest absolute Gasteiger partial charge is 0.416 e. The number of aliphatic hydroxyl groups is 2. The molecule has 4 nitrogen and oxygen atoms in total. The van der Waals surface area contributed by atoms with Gasteiger partial charge in [0, 0.05) is 5.56 Å². The van der Waals surface area contributed by atoms with E-state index in [0.29, 0.717) is 22.6 Å². The fraction of sp³-hybridized carbons (Fsp3) is 0.400. The normalized spacial score (nSPS) is 22.8. The third kappa shape index (κ3) is 6.10. The van der Waals surface area contributed by atoms with Gasteiger partial charge in [-0.05, 0) is 48.0 Å². The molecule has 1 unspecified atom stereocenters. The molecular formula is C20H19ClF7NO3. The summed E-state index contributed by atoms with van der Waals surface area (Å²) in [4.78, 5) is 0.462. The molecule has 0 bridgehead atoms. The summed E-state index contributed by atoms with van der Waals surface area (Å²) in [5.74, 6) is -0.528. The van der Waals surface area contributed by atoms with Gasteiger partial charge >= 0.3 is 12.4 Å². The largest absolute Gasteiger partial charge is 1.00 e. The molecule has 0 aromatic heterocycles. The fourth-order valence-corrected chi connectivity index (χ4v) is 3.60. The molecule has 178 valence electrons. The van der Waals surface area contributed by atoms with E-state index in [1.807, 2.05) is 0 Å². The summed E-state index contributed by atoms with van der Waals surface area (Å²) in [6.07, 6.45) is -13.1. The van der Waals surface area contributed by atoms with Crippen molar-refractivity contribution in [3.8, 4) is 0 Å². The highest BCUT2D eigenvalue weighted by Gasteiger charge is 2.40. The zero-order valence-electron chi connectivity index (χ0n) is 16.2. The van der Waals surface area contributed by atoms with Gasteiger partial charge < -0.3 is 32.3 Å². The van der Waals surface area contributed by atoms with Gasteiger partial charge in [0.15, 0.2) is 6.04 Å². The number of halogens is 8. The number of ether oxygens (including phenoxy) is 1. The first kappa shape index (κ1) is 26.3. The summed E-state index contributed by atoms with van der Waals surface area (Å²) in [6, 6.07) is 5.18. The van der Waals surface area contributed by atoms with Crippen LogP contribution >= 0.6 is 0 Å². The average Bonchev–Trinajstić information content (AvgIpc) is 2.67. The lowest BCUT2D eigenvalue weighted by atomic mass is 9.98. The monoisotopic (exact) mass is 489 g/mol. The highest BCUT2D eigenvalue weighted by molar-refractivity contribution is 5.34. The zero-order valence-corrected chi connectivity index (χ0v) is 17.0. The van der Waals surface area contributed by atoms with Gasteiger partial charge in [0.25, 0.3) is 0 Å². The van der Waals surface area contributed by atoms with Crippen molar-refractivity contribution in [1.29, 1.82) is 0 Å². The highest BCUT2D eigenvalue weighted by Crippen LogP contribution is 2.37. The summed E-state index contributed by atoms with van der Waals surface area (Å²) < 4.78 is 97.0. The van der Waals surface area contributed by atoms with Crippen LogP contribution in [-0.2, 0) is 17.1 Å². The van der Waals surface area contributed by atoms with Crippen LogP contribution in [-0.4, -0.2) is 36.2 Å². The van der Waals surface area contributed by atoms with Crippen molar-refractivity contribution >= 4 is 0 Å². The first-order valence-corrected chi connectivity index (χ1v) is 9.23. The zero-order chi connectivity index (χ0) is 23.0. The number of rotatable bonds is 4. The molecule has 2 aromatic rings. The Morgan fingerprint density at radius 2 is 1.50 bits per heavy atom. The maximum atomic E-state index is 13.2. The summed E-state index contributed by atoms with van der Waals surface area (Å²) in [7, 11) is 0. The second kappa shape index (κ2) is 9.92. The van der Waals surface area contributed by atoms with Crippen LogP contribution in [0.5, 0.6) is 0 Å². The number of aliphatic hydroxyl groups excluding tert-OH is 2. The van der Waals surface area contributed by atoms with Gasteiger partial charge in [-0.15, -0.1) is 0 Å². The summed E-state index contributed by atoms with van der Waals surface area (Å²) in [6.45, 7) is -0.0420. The van der Waals surface area contributed by atoms with Gasteiger partial charge in [-0.25, -0.2) is 4.39 Å². The number of hydrogen-bond acceptors (Lipinski definition) is 3. The topological polar surface area (TPSA) is 54.1 Å². The molecule has 0 amide bonds. The molecule has 0 spiro atoms. The summed E-state index contributed by atoms with van der Waals surface area (Å²) >= 11 is 0. The molecule has 1 heterocycles. The lowest BCUT2D eigenvalue weighted by molar-refractivity contribution is -0.951. The molecule has 3 rings (SSSR count). The molecule has 1 fully saturated rings. The van der Waals surface area contributed by atoms with Crippen LogP contribution in [0.3, 0.4) is 0 Å². The summed E-state index contributed by atoms with van der Waals surface area (Å²) in [5.41, 5.74) is -3.16. The maximum absolute atomic E-state index is 13.2. The predicted octanol–water partition coefficient (Wildman–Crippen LogP) is -0.124. The first-order chi connectivity index (χ1) is 14.4. The molecule has 0 aliphatic carbocycles. The number of alkyl halides is 6. The minimum absolute atomic E-state index is 0. The van der Waals surface area contributed by atoms with Gasteiger partial charge in [-0.2, -0.15) is 26.3 Å². The number of benzene rings is 2. The lowest BCUT2D eigenvalue weighted by Gasteiger charge is -2.37. The Hall–Kier alpha value is -1.92. The molecule has 0 radical (unpaired) electrons. The van der Waals surface area contributed by atoms with E-state index < -0.39 is 53.3 Å². The van der Waals surface area contributed by atoms with Crippen molar-refractivity contribution in [2.45, 2.75) is 30.8 Å². The van der Waals surface area contributed by atoms with Crippen LogP contribution in [0.4, 0.5) is 30.7 Å². The Morgan fingerprint density at radius 1 is 0.969 bits per heavy atom. The maximum Gasteiger partial charge on any atom is 0.416 e. The van der Waals surface area contributed by atoms with Crippen molar-refractivity contribution in [3.05, 3.63) is 70.5 Å². The Bertz CT molecular complexity index is 873. The van der Waals surface area contributed by atoms with E-state index in [1.54, 1.807) is 0 Å². The van der Waals surface area contributed by atoms with Gasteiger partial charge in [-0.1, -0.05) is 0 Å². The van der Waals surface area contributed by atoms with E-state index in [-0.39, 0.29) is 38.2 Å². The van der Waals surface area contributed by atoms with Gasteiger partial charge in [0.2, 0.25) is 6.29 Å². The Labute approximate surface area is 184 Å². The molecule has 0 saturated carbocycles. The molecule has 1 aliphatic heterocycles. The van der Waals surface area contributed by atoms with E-state index in [0.717, 1.165) is 12.1 Å². The molecule has 1 aliphatic rings. The molecule has 32 heavy (non-hydrogen) atoms. The van der Waals surface area contributed by atoms with Crippen LogP contribution in [0, 0.1) is 5.82 Å². The molecule has 4 atom stereocenters. The molecule has 2 aromatic carbocycles. The number of morpholine rings is 1. The minimum Gasteiger partial charge on any atom is -1.00 e. The number of nitrogens with one attached hydrogen (secondary N) is 1. The Morgan fingerprint density at radius 3 is 2.00 bits per heavy atom. The molecule has 3 N–H and O–H groups in total. The van der Waals surface area contributed by atoms with Crippen molar-refractivity contribution in [2.24, 2.45) is 0 Å². The van der Waals surface area contributed by atoms with Crippen LogP contribution in [0.25, 0.3) is 0 Å². The van der Waals surface area contributed by atoms with Crippen molar-refractivity contribution < 1.29 is 63.0 Å². The third-order valence-electron chi connectivity index (χ3n) is 5.12. The van der Waals surface area contributed by atoms with E-state index in [2.05, 4.69) is 0 Å². The number of hydrogen-bond donors (Lipinski definition) is 3. The van der Waals surface area contributed by atoms with Crippen LogP contribution in [0.1, 0.15) is 34.4 Å². The van der Waals surface area contributed by atoms with Gasteiger partial charge in [0.05, 0.1) is 17.7 Å². The quantitative estimate of drug-likeness (QED) is 0.525. The standard InChI is InChI=1S/C20H18F7NO3.ClH/c21-15-3-1-11(2-4-15)17-18(30)31-6-5-28(17)10-16(29)12-7-13(19(22,23)24)9-14(8-12)20(25,26)27;/h1-4,7-9,16-18,29-30H,5-6,10H2;1H/t16-,17+,18-;/m1./s1. The highest BCUT2D eigenvalue weighted by atomic mass is 35.5. The van der Waals surface area contributed by atoms with E-state index in [4.69, 9.17) is 4.74 Å². The van der Waals surface area contributed by atoms with Crippen molar-refractivity contribution in [2.75, 3.05) is 19.7 Å². The van der Waals surface area contributed by atoms with Gasteiger partial charge in [0.1, 0.15) is 25.0 Å². The second-order valence-electron chi connectivity index (χ2n) is 7.26. The van der Waals surface area contributed by atoms with E-state index in [1.165, 1.54) is 12.1 Å². The molecule has 12 heteroatoms. The Kier molecular flexibility index (Phi) is 8.16. The van der Waals surface area contributed by atoms with E-state index in [9.17, 15) is 40.9 Å². The minimum atomic E-state index is -5.03. The Balaban J connectivity index is 0.00000363. The first-order valence-electron chi connectivity index (χ1n) is 9.23. The van der Waals surface area contributed by atoms with Crippen molar-refractivity contribution in [3.63, 3.8) is 0 Å². The predicted molar refractivity (Wildman–Crippen MR) is 93.2 cm³/mol. The van der Waals surface area contributed by atoms with Gasteiger partial charge in [-0.3, -0.25) is 0 Å². The average molecular weight is 490 g/mol. The van der Waals surface area contributed by atoms with E-state index >= 15 is 0 Å². The molecule has 1 saturated heterocycles. The molecular weight excluding hydrogens is 471 g/mol. The van der Waals surface area contributed by atoms with Crippen LogP contribution in [0.2, 0.25) is 0 Å². The number of quaternary nitrogens is 1. The van der Waals surface area contributed by atoms with Crippen LogP contribution < -0.4 is 17.3 Å². The van der Waals surface area contributed by atoms with Crippen molar-refractivity contribution in [1.82, 2.24) is 0 Å². The SMILES string of the molecule is O[C@H](C[NH+]1CCO[C@@H](O)[C@@H]1c1ccc(F)cc1)c1cc(C(F)(F)F)cc(C(F)(F)F)c1.[Cl-].